The first-order chi connectivity index (χ1) is 7.47. The van der Waals surface area contributed by atoms with Crippen molar-refractivity contribution in [1.29, 1.82) is 0 Å². The second-order valence-electron chi connectivity index (χ2n) is 4.16. The maximum absolute atomic E-state index is 11.4. The van der Waals surface area contributed by atoms with Gasteiger partial charge in [0.25, 0.3) is 0 Å². The summed E-state index contributed by atoms with van der Waals surface area (Å²) in [5.74, 6) is -0.237. The van der Waals surface area contributed by atoms with Gasteiger partial charge in [0, 0.05) is 19.0 Å². The van der Waals surface area contributed by atoms with Gasteiger partial charge in [-0.05, 0) is 20.3 Å². The first-order valence-electron chi connectivity index (χ1n) is 5.80. The molecule has 0 fully saturated rings. The van der Waals surface area contributed by atoms with E-state index in [2.05, 4.69) is 10.6 Å². The lowest BCUT2D eigenvalue weighted by Crippen LogP contribution is -2.42. The molecule has 0 saturated carbocycles. The second-order valence-corrected chi connectivity index (χ2v) is 4.16. The van der Waals surface area contributed by atoms with E-state index in [-0.39, 0.29) is 30.3 Å². The average molecular weight is 266 g/mol. The number of hydrogen-bond acceptors (Lipinski definition) is 3. The zero-order chi connectivity index (χ0) is 12.6. The van der Waals surface area contributed by atoms with Crippen LogP contribution in [0, 0.1) is 0 Å². The molecular formula is C11H24ClN3O2. The summed E-state index contributed by atoms with van der Waals surface area (Å²) in [6, 6.07) is -0.330. The van der Waals surface area contributed by atoms with Crippen molar-refractivity contribution >= 4 is 24.2 Å². The Morgan fingerprint density at radius 1 is 1.29 bits per heavy atom. The van der Waals surface area contributed by atoms with Crippen LogP contribution in [-0.2, 0) is 9.59 Å². The topological polar surface area (TPSA) is 84.2 Å². The summed E-state index contributed by atoms with van der Waals surface area (Å²) in [5.41, 5.74) is 5.61. The molecule has 6 heteroatoms. The Hall–Kier alpha value is -0.810. The fourth-order valence-electron chi connectivity index (χ4n) is 1.27. The lowest BCUT2D eigenvalue weighted by molar-refractivity contribution is -0.123. The van der Waals surface area contributed by atoms with E-state index in [9.17, 15) is 9.59 Å². The molecule has 0 bridgehead atoms. The Bertz CT molecular complexity index is 235. The van der Waals surface area contributed by atoms with Crippen LogP contribution in [0.25, 0.3) is 0 Å². The van der Waals surface area contributed by atoms with Crippen molar-refractivity contribution in [1.82, 2.24) is 10.6 Å². The molecule has 0 radical (unpaired) electrons. The summed E-state index contributed by atoms with van der Waals surface area (Å²) in [5, 5.41) is 5.40. The zero-order valence-electron chi connectivity index (χ0n) is 10.8. The summed E-state index contributed by atoms with van der Waals surface area (Å²) >= 11 is 0. The summed E-state index contributed by atoms with van der Waals surface area (Å²) < 4.78 is 0. The normalized spacial score (nSPS) is 11.6. The van der Waals surface area contributed by atoms with Gasteiger partial charge < -0.3 is 16.4 Å². The highest BCUT2D eigenvalue weighted by molar-refractivity contribution is 5.85. The van der Waals surface area contributed by atoms with Crippen LogP contribution in [0.3, 0.4) is 0 Å². The van der Waals surface area contributed by atoms with Gasteiger partial charge >= 0.3 is 0 Å². The molecule has 1 unspecified atom stereocenters. The van der Waals surface area contributed by atoms with E-state index in [0.29, 0.717) is 19.4 Å². The number of nitrogens with one attached hydrogen (secondary N) is 2. The minimum absolute atomic E-state index is 0. The first-order valence-corrected chi connectivity index (χ1v) is 5.80. The van der Waals surface area contributed by atoms with Crippen molar-refractivity contribution in [2.75, 3.05) is 6.54 Å². The molecule has 2 amide bonds. The SMILES string of the molecule is CCCC(N)C(=O)NCCC(=O)NC(C)C.Cl. The summed E-state index contributed by atoms with van der Waals surface area (Å²) in [4.78, 5) is 22.6. The molecule has 0 aliphatic heterocycles. The van der Waals surface area contributed by atoms with Crippen LogP contribution in [0.1, 0.15) is 40.0 Å². The predicted molar refractivity (Wildman–Crippen MR) is 71.0 cm³/mol. The number of halogens is 1. The predicted octanol–water partition coefficient (Wildman–Crippen LogP) is 0.567. The lowest BCUT2D eigenvalue weighted by Gasteiger charge is -2.12. The van der Waals surface area contributed by atoms with Gasteiger partial charge in [0.15, 0.2) is 0 Å². The maximum atomic E-state index is 11.4. The zero-order valence-corrected chi connectivity index (χ0v) is 11.6. The van der Waals surface area contributed by atoms with Crippen molar-refractivity contribution < 1.29 is 9.59 Å². The minimum Gasteiger partial charge on any atom is -0.354 e. The van der Waals surface area contributed by atoms with Gasteiger partial charge in [-0.2, -0.15) is 0 Å². The van der Waals surface area contributed by atoms with Crippen LogP contribution in [0.4, 0.5) is 0 Å². The summed E-state index contributed by atoms with van der Waals surface area (Å²) in [6.07, 6.45) is 1.84. The molecule has 0 spiro atoms. The van der Waals surface area contributed by atoms with Gasteiger partial charge in [0.05, 0.1) is 6.04 Å². The van der Waals surface area contributed by atoms with Crippen LogP contribution in [0.2, 0.25) is 0 Å². The molecule has 17 heavy (non-hydrogen) atoms. The largest absolute Gasteiger partial charge is 0.354 e. The van der Waals surface area contributed by atoms with E-state index in [0.717, 1.165) is 6.42 Å². The van der Waals surface area contributed by atoms with Gasteiger partial charge in [-0.25, -0.2) is 0 Å². The Morgan fingerprint density at radius 3 is 2.35 bits per heavy atom. The average Bonchev–Trinajstić information content (AvgIpc) is 2.16. The molecule has 0 heterocycles. The van der Waals surface area contributed by atoms with Crippen molar-refractivity contribution in [2.24, 2.45) is 5.73 Å². The quantitative estimate of drug-likeness (QED) is 0.629. The monoisotopic (exact) mass is 265 g/mol. The van der Waals surface area contributed by atoms with E-state index in [1.807, 2.05) is 20.8 Å². The molecule has 0 aromatic heterocycles. The Labute approximate surface area is 109 Å². The standard InChI is InChI=1S/C11H23N3O2.ClH/c1-4-5-9(12)11(16)13-7-6-10(15)14-8(2)3;/h8-9H,4-7,12H2,1-3H3,(H,13,16)(H,14,15);1H. The van der Waals surface area contributed by atoms with Gasteiger partial charge in [0.2, 0.25) is 11.8 Å². The Balaban J connectivity index is 0. The molecule has 0 saturated heterocycles. The van der Waals surface area contributed by atoms with Crippen LogP contribution in [0.15, 0.2) is 0 Å². The molecule has 0 aromatic carbocycles. The van der Waals surface area contributed by atoms with Crippen LogP contribution >= 0.6 is 12.4 Å². The number of rotatable bonds is 7. The second kappa shape index (κ2) is 10.4. The van der Waals surface area contributed by atoms with Gasteiger partial charge in [-0.1, -0.05) is 13.3 Å². The van der Waals surface area contributed by atoms with E-state index >= 15 is 0 Å². The van der Waals surface area contributed by atoms with E-state index < -0.39 is 6.04 Å². The van der Waals surface area contributed by atoms with Crippen LogP contribution in [0.5, 0.6) is 0 Å². The van der Waals surface area contributed by atoms with Gasteiger partial charge in [-0.3, -0.25) is 9.59 Å². The number of carbonyl (C=O) groups is 2. The van der Waals surface area contributed by atoms with E-state index in [1.54, 1.807) is 0 Å². The molecular weight excluding hydrogens is 242 g/mol. The highest BCUT2D eigenvalue weighted by atomic mass is 35.5. The van der Waals surface area contributed by atoms with Crippen LogP contribution in [-0.4, -0.2) is 30.4 Å². The molecule has 4 N–H and O–H groups in total. The summed E-state index contributed by atoms with van der Waals surface area (Å²) in [7, 11) is 0. The Kier molecular flexibility index (Phi) is 11.3. The smallest absolute Gasteiger partial charge is 0.236 e. The molecule has 102 valence electrons. The van der Waals surface area contributed by atoms with Crippen molar-refractivity contribution in [3.05, 3.63) is 0 Å². The van der Waals surface area contributed by atoms with Crippen LogP contribution < -0.4 is 16.4 Å². The van der Waals surface area contributed by atoms with E-state index in [4.69, 9.17) is 5.73 Å². The van der Waals surface area contributed by atoms with Crippen molar-refractivity contribution in [3.63, 3.8) is 0 Å². The molecule has 0 aliphatic carbocycles. The first kappa shape index (κ1) is 18.6. The molecule has 0 aromatic rings. The molecule has 0 rings (SSSR count). The summed E-state index contributed by atoms with van der Waals surface area (Å²) in [6.45, 7) is 6.11. The highest BCUT2D eigenvalue weighted by Gasteiger charge is 2.11. The fourth-order valence-corrected chi connectivity index (χ4v) is 1.27. The van der Waals surface area contributed by atoms with E-state index in [1.165, 1.54) is 0 Å². The number of nitrogens with two attached hydrogens (primary N) is 1. The number of hydrogen-bond donors (Lipinski definition) is 3. The van der Waals surface area contributed by atoms with Gasteiger partial charge in [0.1, 0.15) is 0 Å². The fraction of sp³-hybridized carbons (Fsp3) is 0.818. The lowest BCUT2D eigenvalue weighted by atomic mass is 10.1. The maximum Gasteiger partial charge on any atom is 0.236 e. The number of amides is 2. The molecule has 1 atom stereocenters. The highest BCUT2D eigenvalue weighted by Crippen LogP contribution is 1.92. The third-order valence-electron chi connectivity index (χ3n) is 2.04. The van der Waals surface area contributed by atoms with Crippen molar-refractivity contribution in [2.45, 2.75) is 52.1 Å². The van der Waals surface area contributed by atoms with Crippen molar-refractivity contribution in [3.8, 4) is 0 Å². The third kappa shape index (κ3) is 10.1. The molecule has 0 aliphatic rings. The number of carbonyl (C=O) groups excluding carboxylic acids is 2. The molecule has 5 nitrogen and oxygen atoms in total. The third-order valence-corrected chi connectivity index (χ3v) is 2.04. The van der Waals surface area contributed by atoms with Gasteiger partial charge in [-0.15, -0.1) is 12.4 Å². The Morgan fingerprint density at radius 2 is 1.88 bits per heavy atom. The minimum atomic E-state index is -0.460.